The van der Waals surface area contributed by atoms with Crippen LogP contribution in [-0.4, -0.2) is 24.2 Å². The number of allylic oxidation sites excluding steroid dienone is 2. The number of rotatable bonds is 5. The summed E-state index contributed by atoms with van der Waals surface area (Å²) in [6, 6.07) is 7.13. The molecule has 0 saturated carbocycles. The molecule has 1 heterocycles. The van der Waals surface area contributed by atoms with E-state index >= 15 is 0 Å². The van der Waals surface area contributed by atoms with E-state index in [0.29, 0.717) is 28.8 Å². The summed E-state index contributed by atoms with van der Waals surface area (Å²) in [6.07, 6.45) is 9.07. The van der Waals surface area contributed by atoms with Crippen LogP contribution in [0.25, 0.3) is 10.9 Å². The highest BCUT2D eigenvalue weighted by atomic mass is 35.5. The zero-order valence-electron chi connectivity index (χ0n) is 12.7. The molecule has 0 bridgehead atoms. The first-order chi connectivity index (χ1) is 11.2. The van der Waals surface area contributed by atoms with Crippen LogP contribution in [0.3, 0.4) is 0 Å². The number of nitrogens with zero attached hydrogens (tertiary/aromatic N) is 1. The standard InChI is InChI=1S/C18H18ClNO3/c19-15-8-9-16(18-14(15)7-4-10-20-18)22-12-17(21)23-11-13-5-2-1-3-6-13/h1-2,4,7-10,13H,3,5-6,11-12H2. The number of fused-ring (bicyclic) bond motifs is 1. The molecule has 0 amide bonds. The first-order valence-corrected chi connectivity index (χ1v) is 8.08. The molecule has 1 aliphatic carbocycles. The Kier molecular flexibility index (Phi) is 5.13. The zero-order valence-corrected chi connectivity index (χ0v) is 13.5. The summed E-state index contributed by atoms with van der Waals surface area (Å²) in [4.78, 5) is 16.1. The second-order valence-corrected chi connectivity index (χ2v) is 5.97. The minimum absolute atomic E-state index is 0.129. The molecule has 0 spiro atoms. The Morgan fingerprint density at radius 3 is 3.04 bits per heavy atom. The molecule has 23 heavy (non-hydrogen) atoms. The van der Waals surface area contributed by atoms with Crippen molar-refractivity contribution in [1.29, 1.82) is 0 Å². The lowest BCUT2D eigenvalue weighted by Gasteiger charge is -2.17. The quantitative estimate of drug-likeness (QED) is 0.609. The summed E-state index contributed by atoms with van der Waals surface area (Å²) >= 11 is 6.13. The normalized spacial score (nSPS) is 17.2. The number of halogens is 1. The minimum atomic E-state index is -0.362. The predicted molar refractivity (Wildman–Crippen MR) is 89.7 cm³/mol. The number of benzene rings is 1. The Morgan fingerprint density at radius 2 is 2.22 bits per heavy atom. The third-order valence-electron chi connectivity index (χ3n) is 3.88. The first-order valence-electron chi connectivity index (χ1n) is 7.70. The Balaban J connectivity index is 1.57. The van der Waals surface area contributed by atoms with Crippen LogP contribution >= 0.6 is 11.6 Å². The summed E-state index contributed by atoms with van der Waals surface area (Å²) in [6.45, 7) is 0.321. The maximum atomic E-state index is 11.9. The number of pyridine rings is 1. The van der Waals surface area contributed by atoms with Gasteiger partial charge in [-0.05, 0) is 49.4 Å². The molecule has 1 aliphatic rings. The molecule has 1 atom stereocenters. The van der Waals surface area contributed by atoms with E-state index < -0.39 is 0 Å². The third kappa shape index (κ3) is 4.02. The summed E-state index contributed by atoms with van der Waals surface area (Å²) in [5.74, 6) is 0.586. The van der Waals surface area contributed by atoms with E-state index in [4.69, 9.17) is 21.1 Å². The van der Waals surface area contributed by atoms with Crippen molar-refractivity contribution >= 4 is 28.5 Å². The molecule has 0 saturated heterocycles. The molecule has 2 aromatic rings. The molecule has 1 aromatic carbocycles. The third-order valence-corrected chi connectivity index (χ3v) is 4.21. The second-order valence-electron chi connectivity index (χ2n) is 5.57. The first kappa shape index (κ1) is 15.8. The number of carbonyl (C=O) groups excluding carboxylic acids is 1. The van der Waals surface area contributed by atoms with E-state index in [9.17, 15) is 4.79 Å². The van der Waals surface area contributed by atoms with E-state index in [1.165, 1.54) is 0 Å². The van der Waals surface area contributed by atoms with Gasteiger partial charge in [-0.25, -0.2) is 4.79 Å². The molecule has 3 rings (SSSR count). The van der Waals surface area contributed by atoms with Crippen molar-refractivity contribution < 1.29 is 14.3 Å². The van der Waals surface area contributed by atoms with Crippen molar-refractivity contribution in [1.82, 2.24) is 4.98 Å². The van der Waals surface area contributed by atoms with E-state index in [1.54, 1.807) is 18.3 Å². The van der Waals surface area contributed by atoms with Crippen molar-refractivity contribution in [3.63, 3.8) is 0 Å². The van der Waals surface area contributed by atoms with Gasteiger partial charge in [0.1, 0.15) is 11.3 Å². The molecule has 0 aliphatic heterocycles. The average Bonchev–Trinajstić information content (AvgIpc) is 2.60. The number of aromatic nitrogens is 1. The fraction of sp³-hybridized carbons (Fsp3) is 0.333. The van der Waals surface area contributed by atoms with Crippen molar-refractivity contribution in [2.75, 3.05) is 13.2 Å². The molecular weight excluding hydrogens is 314 g/mol. The van der Waals surface area contributed by atoms with Crippen LogP contribution in [-0.2, 0) is 9.53 Å². The molecule has 0 radical (unpaired) electrons. The van der Waals surface area contributed by atoms with Crippen molar-refractivity contribution in [2.24, 2.45) is 5.92 Å². The number of esters is 1. The van der Waals surface area contributed by atoms with E-state index in [0.717, 1.165) is 24.6 Å². The number of carbonyl (C=O) groups is 1. The second kappa shape index (κ2) is 7.47. The van der Waals surface area contributed by atoms with Gasteiger partial charge < -0.3 is 9.47 Å². The Hall–Kier alpha value is -2.07. The van der Waals surface area contributed by atoms with Gasteiger partial charge in [0.25, 0.3) is 0 Å². The molecule has 0 fully saturated rings. The molecule has 5 heteroatoms. The summed E-state index contributed by atoms with van der Waals surface area (Å²) in [7, 11) is 0. The average molecular weight is 332 g/mol. The van der Waals surface area contributed by atoms with Crippen LogP contribution < -0.4 is 4.74 Å². The number of hydrogen-bond acceptors (Lipinski definition) is 4. The summed E-state index contributed by atoms with van der Waals surface area (Å²) in [5, 5.41) is 1.41. The Morgan fingerprint density at radius 1 is 1.30 bits per heavy atom. The molecule has 0 N–H and O–H groups in total. The highest BCUT2D eigenvalue weighted by Gasteiger charge is 2.14. The molecular formula is C18H18ClNO3. The van der Waals surface area contributed by atoms with Gasteiger partial charge in [0.05, 0.1) is 11.6 Å². The van der Waals surface area contributed by atoms with Gasteiger partial charge in [0.2, 0.25) is 0 Å². The zero-order chi connectivity index (χ0) is 16.1. The van der Waals surface area contributed by atoms with Crippen LogP contribution in [0, 0.1) is 5.92 Å². The predicted octanol–water partition coefficient (Wildman–Crippen LogP) is 4.17. The van der Waals surface area contributed by atoms with Gasteiger partial charge in [-0.1, -0.05) is 23.8 Å². The van der Waals surface area contributed by atoms with Crippen molar-refractivity contribution in [3.8, 4) is 5.75 Å². The van der Waals surface area contributed by atoms with Gasteiger partial charge in [0, 0.05) is 11.6 Å². The van der Waals surface area contributed by atoms with E-state index in [1.807, 2.05) is 12.1 Å². The molecule has 1 unspecified atom stereocenters. The van der Waals surface area contributed by atoms with Crippen molar-refractivity contribution in [2.45, 2.75) is 19.3 Å². The van der Waals surface area contributed by atoms with Gasteiger partial charge in [-0.15, -0.1) is 0 Å². The molecule has 4 nitrogen and oxygen atoms in total. The largest absolute Gasteiger partial charge is 0.480 e. The maximum absolute atomic E-state index is 11.9. The molecule has 1 aromatic heterocycles. The van der Waals surface area contributed by atoms with E-state index in [2.05, 4.69) is 17.1 Å². The topological polar surface area (TPSA) is 48.4 Å². The summed E-state index contributed by atoms with van der Waals surface area (Å²) < 4.78 is 10.9. The van der Waals surface area contributed by atoms with Gasteiger partial charge >= 0.3 is 5.97 Å². The number of hydrogen-bond donors (Lipinski definition) is 0. The van der Waals surface area contributed by atoms with Crippen LogP contribution in [0.2, 0.25) is 5.02 Å². The fourth-order valence-corrected chi connectivity index (χ4v) is 2.84. The van der Waals surface area contributed by atoms with Crippen LogP contribution in [0.15, 0.2) is 42.6 Å². The van der Waals surface area contributed by atoms with Gasteiger partial charge in [-0.2, -0.15) is 0 Å². The highest BCUT2D eigenvalue weighted by Crippen LogP contribution is 2.29. The van der Waals surface area contributed by atoms with Crippen LogP contribution in [0.5, 0.6) is 5.75 Å². The minimum Gasteiger partial charge on any atom is -0.480 e. The lowest BCUT2D eigenvalue weighted by Crippen LogP contribution is -2.20. The monoisotopic (exact) mass is 331 g/mol. The SMILES string of the molecule is O=C(COc1ccc(Cl)c2cccnc12)OCC1CC=CCC1. The van der Waals surface area contributed by atoms with Crippen molar-refractivity contribution in [3.05, 3.63) is 47.6 Å². The fourth-order valence-electron chi connectivity index (χ4n) is 2.63. The highest BCUT2D eigenvalue weighted by molar-refractivity contribution is 6.35. The van der Waals surface area contributed by atoms with Crippen LogP contribution in [0.1, 0.15) is 19.3 Å². The van der Waals surface area contributed by atoms with Gasteiger partial charge in [0.15, 0.2) is 6.61 Å². The van der Waals surface area contributed by atoms with Gasteiger partial charge in [-0.3, -0.25) is 4.98 Å². The summed E-state index contributed by atoms with van der Waals surface area (Å²) in [5.41, 5.74) is 0.644. The van der Waals surface area contributed by atoms with E-state index in [-0.39, 0.29) is 12.6 Å². The smallest absolute Gasteiger partial charge is 0.344 e. The number of ether oxygens (including phenoxy) is 2. The maximum Gasteiger partial charge on any atom is 0.344 e. The Labute approximate surface area is 140 Å². The van der Waals surface area contributed by atoms with Crippen LogP contribution in [0.4, 0.5) is 0 Å². The lowest BCUT2D eigenvalue weighted by atomic mass is 9.95. The lowest BCUT2D eigenvalue weighted by molar-refractivity contribution is -0.147. The Bertz CT molecular complexity index is 729. The molecule has 120 valence electrons.